The molecule has 0 bridgehead atoms. The van der Waals surface area contributed by atoms with Gasteiger partial charge < -0.3 is 0 Å². The Balaban J connectivity index is 1.61. The molecule has 4 rings (SSSR count). The SMILES string of the molecule is C=CCn1c(SCc2cc(=O)n3c(C)cccc3n2)nnc1-c1ccc(C(C)(C)C)cc1. The van der Waals surface area contributed by atoms with Crippen molar-refractivity contribution in [2.45, 2.75) is 50.6 Å². The van der Waals surface area contributed by atoms with Crippen LogP contribution in [-0.4, -0.2) is 24.1 Å². The highest BCUT2D eigenvalue weighted by atomic mass is 32.2. The summed E-state index contributed by atoms with van der Waals surface area (Å²) in [6.07, 6.45) is 1.84. The predicted octanol–water partition coefficient (Wildman–Crippen LogP) is 5.04. The molecule has 6 nitrogen and oxygen atoms in total. The van der Waals surface area contributed by atoms with Gasteiger partial charge >= 0.3 is 0 Å². The van der Waals surface area contributed by atoms with Crippen molar-refractivity contribution in [2.75, 3.05) is 0 Å². The van der Waals surface area contributed by atoms with Crippen LogP contribution in [0.15, 0.2) is 71.1 Å². The van der Waals surface area contributed by atoms with Crippen LogP contribution in [0, 0.1) is 6.92 Å². The van der Waals surface area contributed by atoms with Gasteiger partial charge in [0.15, 0.2) is 11.0 Å². The molecule has 1 aromatic carbocycles. The van der Waals surface area contributed by atoms with Gasteiger partial charge in [-0.05, 0) is 30.0 Å². The van der Waals surface area contributed by atoms with E-state index < -0.39 is 0 Å². The van der Waals surface area contributed by atoms with Crippen LogP contribution >= 0.6 is 11.8 Å². The van der Waals surface area contributed by atoms with Gasteiger partial charge in [-0.1, -0.05) is 68.9 Å². The molecule has 7 heteroatoms. The Morgan fingerprint density at radius 1 is 1.09 bits per heavy atom. The zero-order chi connectivity index (χ0) is 22.9. The Hall–Kier alpha value is -3.19. The van der Waals surface area contributed by atoms with E-state index in [1.165, 1.54) is 17.3 Å². The Morgan fingerprint density at radius 2 is 1.84 bits per heavy atom. The lowest BCUT2D eigenvalue weighted by Crippen LogP contribution is -2.17. The number of fused-ring (bicyclic) bond motifs is 1. The zero-order valence-electron chi connectivity index (χ0n) is 18.9. The number of aryl methyl sites for hydroxylation is 1. The minimum absolute atomic E-state index is 0.0733. The molecule has 0 aliphatic rings. The number of benzene rings is 1. The van der Waals surface area contributed by atoms with Crippen LogP contribution < -0.4 is 5.56 Å². The average Bonchev–Trinajstić information content (AvgIpc) is 3.14. The molecule has 32 heavy (non-hydrogen) atoms. The first kappa shape index (κ1) is 22.0. The second-order valence-electron chi connectivity index (χ2n) is 8.77. The fraction of sp³-hybridized carbons (Fsp3) is 0.280. The van der Waals surface area contributed by atoms with E-state index in [0.29, 0.717) is 17.9 Å². The van der Waals surface area contributed by atoms with Crippen molar-refractivity contribution >= 4 is 17.4 Å². The molecule has 0 unspecified atom stereocenters. The van der Waals surface area contributed by atoms with Crippen LogP contribution in [0.2, 0.25) is 0 Å². The molecular weight excluding hydrogens is 418 g/mol. The van der Waals surface area contributed by atoms with Crippen molar-refractivity contribution in [3.05, 3.63) is 88.5 Å². The van der Waals surface area contributed by atoms with Gasteiger partial charge in [-0.15, -0.1) is 16.8 Å². The number of allylic oxidation sites excluding steroid dienone is 1. The van der Waals surface area contributed by atoms with Crippen molar-refractivity contribution in [1.29, 1.82) is 0 Å². The van der Waals surface area contributed by atoms with Gasteiger partial charge in [0.25, 0.3) is 5.56 Å². The fourth-order valence-corrected chi connectivity index (χ4v) is 4.44. The summed E-state index contributed by atoms with van der Waals surface area (Å²) in [6, 6.07) is 15.7. The smallest absolute Gasteiger partial charge is 0.258 e. The number of aromatic nitrogens is 5. The molecule has 0 spiro atoms. The number of hydrogen-bond donors (Lipinski definition) is 0. The molecule has 3 aromatic heterocycles. The second-order valence-corrected chi connectivity index (χ2v) is 9.71. The van der Waals surface area contributed by atoms with Crippen LogP contribution in [0.4, 0.5) is 0 Å². The summed E-state index contributed by atoms with van der Waals surface area (Å²) in [6.45, 7) is 13.0. The van der Waals surface area contributed by atoms with E-state index in [9.17, 15) is 4.79 Å². The largest absolute Gasteiger partial charge is 0.298 e. The molecule has 0 saturated carbocycles. The van der Waals surface area contributed by atoms with Gasteiger partial charge in [0.05, 0.1) is 5.69 Å². The molecule has 4 aromatic rings. The maximum atomic E-state index is 12.6. The highest BCUT2D eigenvalue weighted by molar-refractivity contribution is 7.98. The molecule has 0 aliphatic carbocycles. The highest BCUT2D eigenvalue weighted by Gasteiger charge is 2.17. The van der Waals surface area contributed by atoms with Crippen molar-refractivity contribution < 1.29 is 0 Å². The Labute approximate surface area is 192 Å². The summed E-state index contributed by atoms with van der Waals surface area (Å²) in [5.74, 6) is 1.33. The highest BCUT2D eigenvalue weighted by Crippen LogP contribution is 2.28. The Kier molecular flexibility index (Phi) is 6.02. The molecule has 0 fully saturated rings. The topological polar surface area (TPSA) is 65.1 Å². The standard InChI is InChI=1S/C25H27N5OS/c1-6-14-29-23(18-10-12-19(13-11-18)25(3,4)5)27-28-24(29)32-16-20-15-22(31)30-17(2)8-7-9-21(30)26-20/h6-13,15H,1,14,16H2,2-5H3. The van der Waals surface area contributed by atoms with E-state index in [-0.39, 0.29) is 11.0 Å². The minimum Gasteiger partial charge on any atom is -0.298 e. The third kappa shape index (κ3) is 4.39. The number of rotatable bonds is 6. The van der Waals surface area contributed by atoms with E-state index in [4.69, 9.17) is 0 Å². The number of pyridine rings is 1. The van der Waals surface area contributed by atoms with E-state index in [0.717, 1.165) is 27.9 Å². The van der Waals surface area contributed by atoms with Crippen LogP contribution in [0.3, 0.4) is 0 Å². The van der Waals surface area contributed by atoms with Gasteiger partial charge in [-0.2, -0.15) is 0 Å². The van der Waals surface area contributed by atoms with Gasteiger partial charge in [0.2, 0.25) is 0 Å². The first-order valence-electron chi connectivity index (χ1n) is 10.5. The minimum atomic E-state index is -0.0733. The van der Waals surface area contributed by atoms with Gasteiger partial charge in [0, 0.05) is 29.6 Å². The predicted molar refractivity (Wildman–Crippen MR) is 130 cm³/mol. The van der Waals surface area contributed by atoms with E-state index in [2.05, 4.69) is 66.8 Å². The summed E-state index contributed by atoms with van der Waals surface area (Å²) in [5.41, 5.74) is 4.54. The molecule has 0 amide bonds. The molecule has 0 atom stereocenters. The van der Waals surface area contributed by atoms with Gasteiger partial charge in [-0.25, -0.2) is 4.98 Å². The summed E-state index contributed by atoms with van der Waals surface area (Å²) >= 11 is 1.52. The van der Waals surface area contributed by atoms with Crippen molar-refractivity contribution in [1.82, 2.24) is 24.1 Å². The zero-order valence-corrected chi connectivity index (χ0v) is 19.7. The van der Waals surface area contributed by atoms with Crippen LogP contribution in [0.5, 0.6) is 0 Å². The molecule has 0 saturated heterocycles. The van der Waals surface area contributed by atoms with Crippen molar-refractivity contribution in [3.8, 4) is 11.4 Å². The van der Waals surface area contributed by atoms with Crippen molar-refractivity contribution in [2.24, 2.45) is 0 Å². The average molecular weight is 446 g/mol. The lowest BCUT2D eigenvalue weighted by molar-refractivity contribution is 0.590. The molecule has 0 aliphatic heterocycles. The summed E-state index contributed by atoms with van der Waals surface area (Å²) in [7, 11) is 0. The van der Waals surface area contributed by atoms with E-state index in [1.54, 1.807) is 10.5 Å². The molecule has 0 N–H and O–H groups in total. The Morgan fingerprint density at radius 3 is 2.53 bits per heavy atom. The van der Waals surface area contributed by atoms with E-state index in [1.807, 2.05) is 35.8 Å². The maximum Gasteiger partial charge on any atom is 0.258 e. The molecule has 3 heterocycles. The van der Waals surface area contributed by atoms with Crippen LogP contribution in [0.25, 0.3) is 17.0 Å². The third-order valence-electron chi connectivity index (χ3n) is 5.32. The lowest BCUT2D eigenvalue weighted by atomic mass is 9.87. The van der Waals surface area contributed by atoms with Crippen LogP contribution in [-0.2, 0) is 17.7 Å². The van der Waals surface area contributed by atoms with E-state index >= 15 is 0 Å². The first-order valence-corrected chi connectivity index (χ1v) is 11.5. The van der Waals surface area contributed by atoms with Gasteiger partial charge in [0.1, 0.15) is 5.65 Å². The quantitative estimate of drug-likeness (QED) is 0.307. The summed E-state index contributed by atoms with van der Waals surface area (Å²) in [4.78, 5) is 17.2. The fourth-order valence-electron chi connectivity index (χ4n) is 3.60. The lowest BCUT2D eigenvalue weighted by Gasteiger charge is -2.19. The monoisotopic (exact) mass is 445 g/mol. The van der Waals surface area contributed by atoms with Gasteiger partial charge in [-0.3, -0.25) is 13.8 Å². The molecular formula is C25H27N5OS. The number of hydrogen-bond acceptors (Lipinski definition) is 5. The number of thioether (sulfide) groups is 1. The number of nitrogens with zero attached hydrogens (tertiary/aromatic N) is 5. The molecule has 0 radical (unpaired) electrons. The second kappa shape index (κ2) is 8.74. The molecule has 164 valence electrons. The third-order valence-corrected chi connectivity index (χ3v) is 6.32. The Bertz CT molecular complexity index is 1330. The first-order chi connectivity index (χ1) is 15.3. The summed E-state index contributed by atoms with van der Waals surface area (Å²) < 4.78 is 3.66. The van der Waals surface area contributed by atoms with Crippen molar-refractivity contribution in [3.63, 3.8) is 0 Å². The maximum absolute atomic E-state index is 12.6. The normalized spacial score (nSPS) is 11.8. The van der Waals surface area contributed by atoms with Crippen LogP contribution in [0.1, 0.15) is 37.7 Å². The summed E-state index contributed by atoms with van der Waals surface area (Å²) in [5, 5.41) is 9.63.